The highest BCUT2D eigenvalue weighted by molar-refractivity contribution is 5.91. The van der Waals surface area contributed by atoms with Gasteiger partial charge in [0.2, 0.25) is 11.8 Å². The van der Waals surface area contributed by atoms with Crippen molar-refractivity contribution in [1.82, 2.24) is 15.1 Å². The molecule has 0 spiro atoms. The van der Waals surface area contributed by atoms with Crippen molar-refractivity contribution in [3.05, 3.63) is 77.4 Å². The van der Waals surface area contributed by atoms with E-state index in [4.69, 9.17) is 0 Å². The fourth-order valence-electron chi connectivity index (χ4n) is 4.17. The molecule has 2 aliphatic rings. The Morgan fingerprint density at radius 1 is 1.12 bits per heavy atom. The van der Waals surface area contributed by atoms with Crippen molar-refractivity contribution in [2.24, 2.45) is 5.92 Å². The maximum Gasteiger partial charge on any atom is 0.246 e. The molecule has 2 aromatic carbocycles. The van der Waals surface area contributed by atoms with Gasteiger partial charge in [-0.25, -0.2) is 8.78 Å². The summed E-state index contributed by atoms with van der Waals surface area (Å²) in [4.78, 5) is 29.5. The number of rotatable bonds is 7. The summed E-state index contributed by atoms with van der Waals surface area (Å²) in [5, 5.41) is 2.91. The standard InChI is InChI=1S/C25H27F2N3O2/c1-29(2)15-23(31)28-24(17-8-9-17)25(32)30-14-18(20-13-19(26)10-11-21(20)27)12-22(30)16-6-4-3-5-7-16/h3-7,10-13,17,22,24H,8-9,14-15H2,1-2H3,(H,28,31)/t22-,24-/m0/s1. The molecule has 168 valence electrons. The molecule has 1 heterocycles. The van der Waals surface area contributed by atoms with Crippen LogP contribution in [-0.2, 0) is 9.59 Å². The minimum Gasteiger partial charge on any atom is -0.343 e. The lowest BCUT2D eigenvalue weighted by atomic mass is 10.0. The number of carbonyl (C=O) groups is 2. The summed E-state index contributed by atoms with van der Waals surface area (Å²) in [6.07, 6.45) is 3.57. The average molecular weight is 440 g/mol. The van der Waals surface area contributed by atoms with Gasteiger partial charge < -0.3 is 15.1 Å². The zero-order chi connectivity index (χ0) is 22.8. The first kappa shape index (κ1) is 22.1. The molecule has 4 rings (SSSR count). The predicted molar refractivity (Wildman–Crippen MR) is 118 cm³/mol. The van der Waals surface area contributed by atoms with E-state index >= 15 is 0 Å². The third-order valence-electron chi connectivity index (χ3n) is 5.87. The van der Waals surface area contributed by atoms with Crippen molar-refractivity contribution in [2.75, 3.05) is 27.2 Å². The summed E-state index contributed by atoms with van der Waals surface area (Å²) in [6.45, 7) is 0.335. The molecular weight excluding hydrogens is 412 g/mol. The lowest BCUT2D eigenvalue weighted by molar-refractivity contribution is -0.137. The maximum atomic E-state index is 14.5. The minimum absolute atomic E-state index is 0.0972. The van der Waals surface area contributed by atoms with Crippen LogP contribution in [-0.4, -0.2) is 54.8 Å². The second kappa shape index (κ2) is 9.20. The van der Waals surface area contributed by atoms with Crippen LogP contribution in [0.2, 0.25) is 0 Å². The number of nitrogens with zero attached hydrogens (tertiary/aromatic N) is 2. The number of halogens is 2. The third-order valence-corrected chi connectivity index (χ3v) is 5.87. The molecule has 2 aromatic rings. The molecular formula is C25H27F2N3O2. The van der Waals surface area contributed by atoms with Crippen LogP contribution in [0.1, 0.15) is 30.0 Å². The van der Waals surface area contributed by atoms with Crippen molar-refractivity contribution in [3.63, 3.8) is 0 Å². The number of hydrogen-bond acceptors (Lipinski definition) is 3. The summed E-state index contributed by atoms with van der Waals surface area (Å²) in [5.74, 6) is -1.37. The zero-order valence-electron chi connectivity index (χ0n) is 18.2. The van der Waals surface area contributed by atoms with Crippen LogP contribution in [0.3, 0.4) is 0 Å². The van der Waals surface area contributed by atoms with E-state index in [0.29, 0.717) is 5.57 Å². The Bertz CT molecular complexity index is 1030. The molecule has 1 saturated carbocycles. The summed E-state index contributed by atoms with van der Waals surface area (Å²) in [7, 11) is 3.59. The van der Waals surface area contributed by atoms with Gasteiger partial charge in [0.15, 0.2) is 0 Å². The van der Waals surface area contributed by atoms with Gasteiger partial charge in [0, 0.05) is 12.1 Å². The van der Waals surface area contributed by atoms with E-state index in [1.165, 1.54) is 0 Å². The highest BCUT2D eigenvalue weighted by atomic mass is 19.1. The Balaban J connectivity index is 1.64. The Morgan fingerprint density at radius 3 is 2.50 bits per heavy atom. The van der Waals surface area contributed by atoms with Gasteiger partial charge in [-0.3, -0.25) is 9.59 Å². The molecule has 0 unspecified atom stereocenters. The summed E-state index contributed by atoms with van der Waals surface area (Å²) < 4.78 is 28.3. The van der Waals surface area contributed by atoms with Gasteiger partial charge in [-0.2, -0.15) is 0 Å². The van der Waals surface area contributed by atoms with Gasteiger partial charge in [0.05, 0.1) is 12.6 Å². The number of hydrogen-bond donors (Lipinski definition) is 1. The first-order valence-electron chi connectivity index (χ1n) is 10.8. The highest BCUT2D eigenvalue weighted by Crippen LogP contribution is 2.39. The topological polar surface area (TPSA) is 52.7 Å². The Labute approximate surface area is 186 Å². The lowest BCUT2D eigenvalue weighted by Crippen LogP contribution is -2.51. The van der Waals surface area contributed by atoms with E-state index in [1.54, 1.807) is 23.9 Å². The zero-order valence-corrected chi connectivity index (χ0v) is 18.2. The molecule has 32 heavy (non-hydrogen) atoms. The van der Waals surface area contributed by atoms with Gasteiger partial charge in [-0.15, -0.1) is 0 Å². The number of nitrogens with one attached hydrogen (secondary N) is 1. The van der Waals surface area contributed by atoms with E-state index in [-0.39, 0.29) is 36.4 Å². The van der Waals surface area contributed by atoms with Crippen molar-refractivity contribution < 1.29 is 18.4 Å². The van der Waals surface area contributed by atoms with Gasteiger partial charge in [0.1, 0.15) is 17.7 Å². The van der Waals surface area contributed by atoms with Gasteiger partial charge >= 0.3 is 0 Å². The van der Waals surface area contributed by atoms with E-state index in [1.807, 2.05) is 36.4 Å². The first-order valence-corrected chi connectivity index (χ1v) is 10.8. The largest absolute Gasteiger partial charge is 0.343 e. The van der Waals surface area contributed by atoms with Gasteiger partial charge in [0.25, 0.3) is 0 Å². The molecule has 5 nitrogen and oxygen atoms in total. The number of benzene rings is 2. The van der Waals surface area contributed by atoms with Crippen molar-refractivity contribution in [2.45, 2.75) is 24.9 Å². The maximum absolute atomic E-state index is 14.5. The monoisotopic (exact) mass is 439 g/mol. The smallest absolute Gasteiger partial charge is 0.246 e. The first-order chi connectivity index (χ1) is 15.3. The van der Waals surface area contributed by atoms with Crippen molar-refractivity contribution in [3.8, 4) is 0 Å². The van der Waals surface area contributed by atoms with Gasteiger partial charge in [-0.05, 0) is 62.2 Å². The molecule has 0 radical (unpaired) electrons. The van der Waals surface area contributed by atoms with E-state index in [2.05, 4.69) is 5.32 Å². The van der Waals surface area contributed by atoms with Crippen LogP contribution in [0, 0.1) is 17.6 Å². The molecule has 7 heteroatoms. The van der Waals surface area contributed by atoms with Crippen LogP contribution < -0.4 is 5.32 Å². The van der Waals surface area contributed by atoms with Crippen molar-refractivity contribution >= 4 is 17.4 Å². The molecule has 1 fully saturated rings. The fourth-order valence-corrected chi connectivity index (χ4v) is 4.17. The van der Waals surface area contributed by atoms with Gasteiger partial charge in [-0.1, -0.05) is 36.4 Å². The van der Waals surface area contributed by atoms with Crippen molar-refractivity contribution in [1.29, 1.82) is 0 Å². The van der Waals surface area contributed by atoms with Crippen LogP contribution >= 0.6 is 0 Å². The quantitative estimate of drug-likeness (QED) is 0.720. The molecule has 1 aliphatic carbocycles. The van der Waals surface area contributed by atoms with E-state index < -0.39 is 23.7 Å². The lowest BCUT2D eigenvalue weighted by Gasteiger charge is -2.30. The normalized spacial score (nSPS) is 19.1. The molecule has 0 bridgehead atoms. The molecule has 0 saturated heterocycles. The Kier molecular flexibility index (Phi) is 6.37. The highest BCUT2D eigenvalue weighted by Gasteiger charge is 2.42. The van der Waals surface area contributed by atoms with Crippen LogP contribution in [0.5, 0.6) is 0 Å². The second-order valence-corrected chi connectivity index (χ2v) is 8.76. The Morgan fingerprint density at radius 2 is 1.84 bits per heavy atom. The molecule has 2 atom stereocenters. The van der Waals surface area contributed by atoms with Crippen LogP contribution in [0.25, 0.3) is 5.57 Å². The SMILES string of the molecule is CN(C)CC(=O)N[C@H](C(=O)N1CC(c2cc(F)ccc2F)=C[C@H]1c1ccccc1)C1CC1. The van der Waals surface area contributed by atoms with Crippen LogP contribution in [0.4, 0.5) is 8.78 Å². The third kappa shape index (κ3) is 4.88. The second-order valence-electron chi connectivity index (χ2n) is 8.76. The average Bonchev–Trinajstić information content (AvgIpc) is 3.51. The summed E-state index contributed by atoms with van der Waals surface area (Å²) in [5.41, 5.74) is 1.58. The molecule has 2 amide bonds. The minimum atomic E-state index is -0.626. The number of carbonyl (C=O) groups excluding carboxylic acids is 2. The molecule has 1 aliphatic heterocycles. The fraction of sp³-hybridized carbons (Fsp3) is 0.360. The Hall–Kier alpha value is -3.06. The number of amides is 2. The number of likely N-dealkylation sites (N-methyl/N-ethyl adjacent to an activating group) is 1. The van der Waals surface area contributed by atoms with Crippen LogP contribution in [0.15, 0.2) is 54.6 Å². The molecule has 1 N–H and O–H groups in total. The predicted octanol–water partition coefficient (Wildman–Crippen LogP) is 3.39. The summed E-state index contributed by atoms with van der Waals surface area (Å²) in [6, 6.07) is 11.7. The van der Waals surface area contributed by atoms with E-state index in [0.717, 1.165) is 36.6 Å². The molecule has 0 aromatic heterocycles. The summed E-state index contributed by atoms with van der Waals surface area (Å²) >= 11 is 0. The van der Waals surface area contributed by atoms with E-state index in [9.17, 15) is 18.4 Å².